The normalized spacial score (nSPS) is 48.2. The molecular weight excluding hydrogens is 304 g/mol. The smallest absolute Gasteiger partial charge is 0.0923 e. The maximum absolute atomic E-state index is 6.07. The molecule has 144 valence electrons. The van der Waals surface area contributed by atoms with Gasteiger partial charge in [-0.2, -0.15) is 0 Å². The molecule has 0 spiro atoms. The van der Waals surface area contributed by atoms with E-state index in [2.05, 4.69) is 41.5 Å². The lowest BCUT2D eigenvalue weighted by Gasteiger charge is -2.41. The van der Waals surface area contributed by atoms with Crippen molar-refractivity contribution in [3.8, 4) is 0 Å². The molecule has 3 saturated carbocycles. The molecule has 8 unspecified atom stereocenters. The van der Waals surface area contributed by atoms with Crippen LogP contribution in [0.2, 0.25) is 0 Å². The standard InChI is InChI=1S/C24H42O/c1-16(12-22(2,3)4)11-20(17-7-9-19-15-23(19,5)13-17)18-8-10-21-24(6,14-18)25-21/h16-21H,7-15H2,1-6H3. The average Bonchev–Trinajstić information content (AvgIpc) is 3.34. The molecule has 0 N–H and O–H groups in total. The van der Waals surface area contributed by atoms with Crippen LogP contribution in [0.5, 0.6) is 0 Å². The molecule has 0 aromatic carbocycles. The Morgan fingerprint density at radius 3 is 2.28 bits per heavy atom. The van der Waals surface area contributed by atoms with Gasteiger partial charge in [0, 0.05) is 0 Å². The van der Waals surface area contributed by atoms with Gasteiger partial charge in [-0.1, -0.05) is 34.6 Å². The van der Waals surface area contributed by atoms with Gasteiger partial charge in [0.05, 0.1) is 11.7 Å². The molecule has 1 heteroatoms. The fraction of sp³-hybridized carbons (Fsp3) is 1.00. The van der Waals surface area contributed by atoms with E-state index in [0.29, 0.717) is 11.5 Å². The van der Waals surface area contributed by atoms with Crippen LogP contribution in [0.4, 0.5) is 0 Å². The van der Waals surface area contributed by atoms with Gasteiger partial charge in [-0.3, -0.25) is 0 Å². The van der Waals surface area contributed by atoms with Gasteiger partial charge in [-0.25, -0.2) is 0 Å². The van der Waals surface area contributed by atoms with E-state index in [-0.39, 0.29) is 5.60 Å². The summed E-state index contributed by atoms with van der Waals surface area (Å²) in [5.41, 5.74) is 1.45. The first kappa shape index (κ1) is 18.3. The van der Waals surface area contributed by atoms with Gasteiger partial charge in [0.2, 0.25) is 0 Å². The maximum atomic E-state index is 6.07. The molecule has 1 aliphatic heterocycles. The molecule has 0 amide bonds. The van der Waals surface area contributed by atoms with Crippen molar-refractivity contribution in [1.29, 1.82) is 0 Å². The van der Waals surface area contributed by atoms with Gasteiger partial charge >= 0.3 is 0 Å². The Labute approximate surface area is 156 Å². The molecule has 4 rings (SSSR count). The monoisotopic (exact) mass is 346 g/mol. The number of ether oxygens (including phenoxy) is 1. The van der Waals surface area contributed by atoms with E-state index in [1.54, 1.807) is 0 Å². The molecule has 1 heterocycles. The molecular formula is C24H42O. The average molecular weight is 347 g/mol. The highest BCUT2D eigenvalue weighted by Gasteiger charge is 2.58. The summed E-state index contributed by atoms with van der Waals surface area (Å²) in [5.74, 6) is 4.82. The van der Waals surface area contributed by atoms with Crippen molar-refractivity contribution < 1.29 is 4.74 Å². The summed E-state index contributed by atoms with van der Waals surface area (Å²) in [4.78, 5) is 0. The number of hydrogen-bond acceptors (Lipinski definition) is 1. The molecule has 4 fully saturated rings. The topological polar surface area (TPSA) is 12.5 Å². The Morgan fingerprint density at radius 2 is 1.64 bits per heavy atom. The lowest BCUT2D eigenvalue weighted by atomic mass is 9.63. The van der Waals surface area contributed by atoms with Crippen molar-refractivity contribution in [2.75, 3.05) is 0 Å². The number of hydrogen-bond donors (Lipinski definition) is 0. The van der Waals surface area contributed by atoms with Crippen molar-refractivity contribution >= 4 is 0 Å². The van der Waals surface area contributed by atoms with Crippen LogP contribution in [0, 0.1) is 40.4 Å². The Hall–Kier alpha value is -0.0400. The third kappa shape index (κ3) is 3.83. The number of rotatable bonds is 5. The third-order valence-corrected chi connectivity index (χ3v) is 8.50. The summed E-state index contributed by atoms with van der Waals surface area (Å²) in [6.45, 7) is 14.8. The lowest BCUT2D eigenvalue weighted by Crippen LogP contribution is -2.35. The van der Waals surface area contributed by atoms with Gasteiger partial charge in [-0.15, -0.1) is 0 Å². The lowest BCUT2D eigenvalue weighted by molar-refractivity contribution is 0.0868. The first-order valence-electron chi connectivity index (χ1n) is 11.3. The fourth-order valence-corrected chi connectivity index (χ4v) is 7.24. The quantitative estimate of drug-likeness (QED) is 0.496. The Balaban J connectivity index is 1.46. The zero-order valence-electron chi connectivity index (χ0n) is 17.7. The van der Waals surface area contributed by atoms with Crippen LogP contribution >= 0.6 is 0 Å². The minimum absolute atomic E-state index is 0.259. The van der Waals surface area contributed by atoms with E-state index in [0.717, 1.165) is 35.0 Å². The zero-order chi connectivity index (χ0) is 18.0. The molecule has 0 radical (unpaired) electrons. The number of epoxide rings is 1. The van der Waals surface area contributed by atoms with Crippen molar-refractivity contribution in [3.05, 3.63) is 0 Å². The molecule has 1 nitrogen and oxygen atoms in total. The predicted octanol–water partition coefficient (Wildman–Crippen LogP) is 6.85. The Kier molecular flexibility index (Phi) is 4.38. The highest BCUT2D eigenvalue weighted by molar-refractivity contribution is 5.08. The van der Waals surface area contributed by atoms with Gasteiger partial charge in [0.15, 0.2) is 0 Å². The van der Waals surface area contributed by atoms with Crippen LogP contribution in [0.25, 0.3) is 0 Å². The molecule has 8 atom stereocenters. The van der Waals surface area contributed by atoms with Gasteiger partial charge in [0.1, 0.15) is 0 Å². The highest BCUT2D eigenvalue weighted by Crippen LogP contribution is 2.65. The van der Waals surface area contributed by atoms with E-state index in [1.165, 1.54) is 57.8 Å². The third-order valence-electron chi connectivity index (χ3n) is 8.50. The Morgan fingerprint density at radius 1 is 0.960 bits per heavy atom. The molecule has 25 heavy (non-hydrogen) atoms. The van der Waals surface area contributed by atoms with Crippen molar-refractivity contribution in [2.45, 2.75) is 111 Å². The second-order valence-electron chi connectivity index (χ2n) is 12.3. The van der Waals surface area contributed by atoms with Crippen molar-refractivity contribution in [3.63, 3.8) is 0 Å². The van der Waals surface area contributed by atoms with E-state index in [4.69, 9.17) is 4.74 Å². The second kappa shape index (κ2) is 5.98. The largest absolute Gasteiger partial charge is 0.366 e. The minimum atomic E-state index is 0.259. The van der Waals surface area contributed by atoms with Gasteiger partial charge in [-0.05, 0) is 105 Å². The van der Waals surface area contributed by atoms with E-state index in [9.17, 15) is 0 Å². The SMILES string of the molecule is CC(CC(C1CCC2CC2(C)C1)C1CCC2OC2(C)C1)CC(C)(C)C. The summed E-state index contributed by atoms with van der Waals surface area (Å²) in [7, 11) is 0. The van der Waals surface area contributed by atoms with Crippen molar-refractivity contribution in [1.82, 2.24) is 0 Å². The molecule has 4 aliphatic rings. The Bertz CT molecular complexity index is 471. The van der Waals surface area contributed by atoms with Gasteiger partial charge < -0.3 is 4.74 Å². The second-order valence-corrected chi connectivity index (χ2v) is 12.3. The van der Waals surface area contributed by atoms with Crippen LogP contribution in [0.3, 0.4) is 0 Å². The number of fused-ring (bicyclic) bond motifs is 2. The summed E-state index contributed by atoms with van der Waals surface area (Å²) in [6, 6.07) is 0. The highest BCUT2D eigenvalue weighted by atomic mass is 16.6. The molecule has 0 aromatic rings. The summed E-state index contributed by atoms with van der Waals surface area (Å²) in [6.07, 6.45) is 13.7. The van der Waals surface area contributed by atoms with Crippen LogP contribution in [0.1, 0.15) is 99.3 Å². The first-order valence-corrected chi connectivity index (χ1v) is 11.3. The van der Waals surface area contributed by atoms with E-state index < -0.39 is 0 Å². The maximum Gasteiger partial charge on any atom is 0.0923 e. The summed E-state index contributed by atoms with van der Waals surface area (Å²) < 4.78 is 6.07. The molecule has 3 aliphatic carbocycles. The minimum Gasteiger partial charge on any atom is -0.366 e. The molecule has 0 bridgehead atoms. The zero-order valence-corrected chi connectivity index (χ0v) is 17.7. The predicted molar refractivity (Wildman–Crippen MR) is 106 cm³/mol. The van der Waals surface area contributed by atoms with Crippen molar-refractivity contribution in [2.24, 2.45) is 40.4 Å². The van der Waals surface area contributed by atoms with E-state index in [1.807, 2.05) is 0 Å². The van der Waals surface area contributed by atoms with Gasteiger partial charge in [0.25, 0.3) is 0 Å². The van der Waals surface area contributed by atoms with Crippen LogP contribution in [-0.4, -0.2) is 11.7 Å². The molecule has 0 aromatic heterocycles. The molecule has 1 saturated heterocycles. The summed E-state index contributed by atoms with van der Waals surface area (Å²) in [5, 5.41) is 0. The summed E-state index contributed by atoms with van der Waals surface area (Å²) >= 11 is 0. The van der Waals surface area contributed by atoms with Crippen LogP contribution < -0.4 is 0 Å². The first-order chi connectivity index (χ1) is 11.6. The fourth-order valence-electron chi connectivity index (χ4n) is 7.24. The van der Waals surface area contributed by atoms with Crippen LogP contribution in [-0.2, 0) is 4.74 Å². The van der Waals surface area contributed by atoms with Crippen LogP contribution in [0.15, 0.2) is 0 Å². The van der Waals surface area contributed by atoms with E-state index >= 15 is 0 Å².